The van der Waals surface area contributed by atoms with Gasteiger partial charge in [0.05, 0.1) is 0 Å². The maximum absolute atomic E-state index is 0. The second-order valence-corrected chi connectivity index (χ2v) is 0. The quantitative estimate of drug-likeness (QED) is 0.414. The van der Waals surface area contributed by atoms with Gasteiger partial charge < -0.3 is 0 Å². The third-order valence-corrected chi connectivity index (χ3v) is 0. The van der Waals surface area contributed by atoms with Crippen molar-refractivity contribution in [3.8, 4) is 0 Å². The Morgan fingerprint density at radius 1 is 0.500 bits per heavy atom. The van der Waals surface area contributed by atoms with Gasteiger partial charge in [0.25, 0.3) is 0 Å². The van der Waals surface area contributed by atoms with E-state index in [2.05, 4.69) is 0 Å². The zero-order valence-electron chi connectivity index (χ0n) is 2.09. The number of rotatable bonds is 0. The molecule has 0 saturated carbocycles. The fourth-order valence-corrected chi connectivity index (χ4v) is 0. The van der Waals surface area contributed by atoms with E-state index < -0.39 is 0 Å². The fraction of sp³-hybridized carbons (Fsp3) is 0. The molecule has 0 N–H and O–H groups in total. The predicted molar refractivity (Wildman–Crippen MR) is 17.3 cm³/mol. The van der Waals surface area contributed by atoms with Crippen LogP contribution in [0.1, 0.15) is 0 Å². The Labute approximate surface area is 95.0 Å². The molecule has 0 spiro atoms. The molecule has 0 amide bonds. The Bertz CT molecular complexity index is 3.25. The van der Waals surface area contributed by atoms with Gasteiger partial charge in [-0.1, -0.05) is 0 Å². The van der Waals surface area contributed by atoms with Crippen molar-refractivity contribution in [1.29, 1.82) is 0 Å². The second kappa shape index (κ2) is 16.3. The molecule has 17 valence electrons. The Balaban J connectivity index is 0. The summed E-state index contributed by atoms with van der Waals surface area (Å²) in [6.45, 7) is 0. The van der Waals surface area contributed by atoms with Crippen molar-refractivity contribution in [3.63, 3.8) is 0 Å². The summed E-state index contributed by atoms with van der Waals surface area (Å²) in [6, 6.07) is 0. The zero-order valence-corrected chi connectivity index (χ0v) is 13.7. The smallest absolute Gasteiger partial charge is 0 e. The van der Waals surface area contributed by atoms with E-state index in [1.807, 2.05) is 0 Å². The molecule has 0 aromatic carbocycles. The molecule has 9 radical (unpaired) electrons. The average molecular weight is 446 g/mol. The molecule has 0 heterocycles. The molecule has 0 saturated heterocycles. The Morgan fingerprint density at radius 2 is 0.500 bits per heavy atom. The van der Waals surface area contributed by atoms with E-state index in [1.54, 1.807) is 0 Å². The molecule has 0 nitrogen and oxygen atoms in total. The molecule has 0 rings (SSSR count). The van der Waals surface area contributed by atoms with Gasteiger partial charge in [0.2, 0.25) is 0 Å². The molecule has 4 heteroatoms. The van der Waals surface area contributed by atoms with Crippen molar-refractivity contribution in [1.82, 2.24) is 0 Å². The van der Waals surface area contributed by atoms with Crippen LogP contribution in [0.2, 0.25) is 0 Å². The van der Waals surface area contributed by atoms with Crippen molar-refractivity contribution < 1.29 is 19.5 Å². The van der Waals surface area contributed by atoms with Crippen molar-refractivity contribution in [2.24, 2.45) is 0 Å². The van der Waals surface area contributed by atoms with E-state index in [1.165, 1.54) is 0 Å². The van der Waals surface area contributed by atoms with E-state index in [-0.39, 0.29) is 97.0 Å². The number of hydrogen-bond donors (Lipinski definition) is 0. The minimum absolute atomic E-state index is 0. The number of hydrogen-bond acceptors (Lipinski definition) is 0. The SMILES string of the molecule is [In].[In].[In].[Ru]. The Kier molecular flexibility index (Phi) is 110. The summed E-state index contributed by atoms with van der Waals surface area (Å²) in [5.74, 6) is 0. The van der Waals surface area contributed by atoms with Gasteiger partial charge in [-0.3, -0.25) is 0 Å². The summed E-state index contributed by atoms with van der Waals surface area (Å²) in [6.07, 6.45) is 0. The summed E-state index contributed by atoms with van der Waals surface area (Å²) >= 11 is 0. The van der Waals surface area contributed by atoms with E-state index in [0.717, 1.165) is 0 Å². The molecule has 0 aromatic rings. The maximum Gasteiger partial charge on any atom is 0 e. The minimum atomic E-state index is 0. The molecule has 0 fully saturated rings. The van der Waals surface area contributed by atoms with Gasteiger partial charge in [-0.25, -0.2) is 0 Å². The van der Waals surface area contributed by atoms with Crippen molar-refractivity contribution in [3.05, 3.63) is 0 Å². The molecule has 0 aromatic heterocycles. The molecule has 0 atom stereocenters. The monoisotopic (exact) mass is 447 g/mol. The van der Waals surface area contributed by atoms with E-state index in [0.29, 0.717) is 0 Å². The molecule has 0 aliphatic heterocycles. The zero-order chi connectivity index (χ0) is 0. The average Bonchev–Trinajstić information content (AvgIpc) is 0. The van der Waals surface area contributed by atoms with Gasteiger partial charge in [-0.2, -0.15) is 0 Å². The summed E-state index contributed by atoms with van der Waals surface area (Å²) in [4.78, 5) is 0. The van der Waals surface area contributed by atoms with Crippen LogP contribution in [0, 0.1) is 0 Å². The van der Waals surface area contributed by atoms with Gasteiger partial charge in [0, 0.05) is 97.0 Å². The van der Waals surface area contributed by atoms with Crippen LogP contribution in [0.25, 0.3) is 0 Å². The molecule has 0 bridgehead atoms. The Morgan fingerprint density at radius 3 is 0.500 bits per heavy atom. The van der Waals surface area contributed by atoms with Crippen LogP contribution >= 0.6 is 0 Å². The van der Waals surface area contributed by atoms with Crippen molar-refractivity contribution >= 4 is 77.5 Å². The predicted octanol–water partition coefficient (Wildman–Crippen LogP) is -1.14. The maximum atomic E-state index is 0. The first-order valence-corrected chi connectivity index (χ1v) is 0. The first-order chi connectivity index (χ1) is 0. The summed E-state index contributed by atoms with van der Waals surface area (Å²) in [5, 5.41) is 0. The topological polar surface area (TPSA) is 0 Å². The minimum Gasteiger partial charge on any atom is 0 e. The van der Waals surface area contributed by atoms with E-state index in [9.17, 15) is 0 Å². The van der Waals surface area contributed by atoms with Crippen LogP contribution < -0.4 is 0 Å². The van der Waals surface area contributed by atoms with Crippen LogP contribution in [0.4, 0.5) is 0 Å². The summed E-state index contributed by atoms with van der Waals surface area (Å²) in [5.41, 5.74) is 0. The van der Waals surface area contributed by atoms with Gasteiger partial charge in [0.15, 0.2) is 0 Å². The van der Waals surface area contributed by atoms with Gasteiger partial charge in [-0.15, -0.1) is 0 Å². The van der Waals surface area contributed by atoms with E-state index >= 15 is 0 Å². The molecule has 4 heavy (non-hydrogen) atoms. The van der Waals surface area contributed by atoms with E-state index in [4.69, 9.17) is 0 Å². The van der Waals surface area contributed by atoms with Crippen molar-refractivity contribution in [2.75, 3.05) is 0 Å². The van der Waals surface area contributed by atoms with Crippen LogP contribution in [-0.2, 0) is 19.5 Å². The van der Waals surface area contributed by atoms with Crippen molar-refractivity contribution in [2.45, 2.75) is 0 Å². The summed E-state index contributed by atoms with van der Waals surface area (Å²) < 4.78 is 0. The van der Waals surface area contributed by atoms with Crippen LogP contribution in [0.3, 0.4) is 0 Å². The largest absolute Gasteiger partial charge is 0 e. The molecular formula is In3Ru. The third kappa shape index (κ3) is 8.97. The van der Waals surface area contributed by atoms with Crippen LogP contribution in [0.5, 0.6) is 0 Å². The third-order valence-electron chi connectivity index (χ3n) is 0. The molecule has 0 aliphatic carbocycles. The van der Waals surface area contributed by atoms with Gasteiger partial charge >= 0.3 is 0 Å². The fourth-order valence-electron chi connectivity index (χ4n) is 0. The van der Waals surface area contributed by atoms with Crippen LogP contribution in [0.15, 0.2) is 0 Å². The first-order valence-electron chi connectivity index (χ1n) is 0. The standard InChI is InChI=1S/3In.Ru. The van der Waals surface area contributed by atoms with Crippen LogP contribution in [-0.4, -0.2) is 77.5 Å². The molecular weight excluding hydrogens is 446 g/mol. The molecule has 0 aliphatic rings. The Hall–Kier alpha value is 3.23. The summed E-state index contributed by atoms with van der Waals surface area (Å²) in [7, 11) is 0. The second-order valence-electron chi connectivity index (χ2n) is 0. The molecule has 0 unspecified atom stereocenters. The van der Waals surface area contributed by atoms with Gasteiger partial charge in [0.1, 0.15) is 0 Å². The first kappa shape index (κ1) is 26.9. The normalized spacial score (nSPS) is 0. The van der Waals surface area contributed by atoms with Gasteiger partial charge in [-0.05, 0) is 0 Å².